The van der Waals surface area contributed by atoms with E-state index in [9.17, 15) is 9.59 Å². The molecule has 0 saturated carbocycles. The fourth-order valence-electron chi connectivity index (χ4n) is 3.18. The van der Waals surface area contributed by atoms with Crippen molar-refractivity contribution in [2.45, 2.75) is 37.9 Å². The number of thioether (sulfide) groups is 2. The molecule has 2 heterocycles. The van der Waals surface area contributed by atoms with Crippen LogP contribution in [0.1, 0.15) is 33.6 Å². The summed E-state index contributed by atoms with van der Waals surface area (Å²) in [5, 5.41) is 7.07. The summed E-state index contributed by atoms with van der Waals surface area (Å²) in [5.41, 5.74) is 1.57. The topological polar surface area (TPSA) is 71.4 Å². The van der Waals surface area contributed by atoms with E-state index in [1.165, 1.54) is 23.5 Å². The number of anilines is 1. The van der Waals surface area contributed by atoms with Crippen LogP contribution in [0.5, 0.6) is 0 Å². The normalized spacial score (nSPS) is 20.8. The smallest absolute Gasteiger partial charge is 0.365 e. The van der Waals surface area contributed by atoms with Crippen molar-refractivity contribution in [2.75, 3.05) is 25.3 Å². The number of benzene rings is 1. The van der Waals surface area contributed by atoms with Crippen LogP contribution in [-0.2, 0) is 19.1 Å². The van der Waals surface area contributed by atoms with Crippen molar-refractivity contribution in [3.05, 3.63) is 39.9 Å². The highest BCUT2D eigenvalue weighted by Gasteiger charge is 2.57. The van der Waals surface area contributed by atoms with Gasteiger partial charge >= 0.3 is 11.9 Å². The summed E-state index contributed by atoms with van der Waals surface area (Å²) in [6.07, 6.45) is 1.55. The van der Waals surface area contributed by atoms with E-state index in [0.29, 0.717) is 22.0 Å². The van der Waals surface area contributed by atoms with Gasteiger partial charge in [0.05, 0.1) is 18.9 Å². The number of nitrogens with zero attached hydrogens (tertiary/aromatic N) is 3. The lowest BCUT2D eigenvalue weighted by atomic mass is 10.2. The molecule has 2 aliphatic heterocycles. The van der Waals surface area contributed by atoms with E-state index < -0.39 is 10.3 Å². The summed E-state index contributed by atoms with van der Waals surface area (Å²) < 4.78 is 9.58. The quantitative estimate of drug-likeness (QED) is 0.535. The van der Waals surface area contributed by atoms with E-state index >= 15 is 0 Å². The Labute approximate surface area is 189 Å². The van der Waals surface area contributed by atoms with Gasteiger partial charge in [0, 0.05) is 17.8 Å². The lowest BCUT2D eigenvalue weighted by Crippen LogP contribution is -2.47. The molecule has 0 fully saturated rings. The largest absolute Gasteiger partial charge is 0.462 e. The van der Waals surface area contributed by atoms with Gasteiger partial charge in [-0.25, -0.2) is 14.6 Å². The maximum atomic E-state index is 12.7. The molecule has 0 N–H and O–H groups in total. The van der Waals surface area contributed by atoms with Gasteiger partial charge in [0.15, 0.2) is 0 Å². The molecule has 1 aromatic rings. The predicted molar refractivity (Wildman–Crippen MR) is 122 cm³/mol. The predicted octanol–water partition coefficient (Wildman–Crippen LogP) is 4.63. The van der Waals surface area contributed by atoms with E-state index in [4.69, 9.17) is 21.1 Å². The summed E-state index contributed by atoms with van der Waals surface area (Å²) >= 11 is 8.80. The van der Waals surface area contributed by atoms with Gasteiger partial charge in [-0.3, -0.25) is 0 Å². The van der Waals surface area contributed by atoms with Gasteiger partial charge in [0.2, 0.25) is 9.37 Å². The van der Waals surface area contributed by atoms with Crippen LogP contribution in [0.15, 0.2) is 40.0 Å². The number of halogens is 1. The van der Waals surface area contributed by atoms with Gasteiger partial charge in [-0.1, -0.05) is 42.8 Å². The zero-order valence-corrected chi connectivity index (χ0v) is 19.7. The van der Waals surface area contributed by atoms with Gasteiger partial charge in [0.1, 0.15) is 4.91 Å². The number of hydrogen-bond acceptors (Lipinski definition) is 9. The standard InChI is InChI=1S/C20H24ClN3O4S2/c1-5-9-15-16(18(25)27-6-2)29-20(23(15)4)24(14-11-8-10-13(21)12-14)22-17(30-20)19(26)28-7-3/h8,10-12H,5-7,9H2,1-4H3/t20-/m0/s1. The van der Waals surface area contributed by atoms with Crippen molar-refractivity contribution in [1.29, 1.82) is 0 Å². The van der Waals surface area contributed by atoms with Gasteiger partial charge in [-0.15, -0.1) is 0 Å². The third-order valence-corrected chi connectivity index (χ3v) is 7.67. The fraction of sp³-hybridized carbons (Fsp3) is 0.450. The minimum atomic E-state index is -0.903. The first-order valence-corrected chi connectivity index (χ1v) is 11.7. The Balaban J connectivity index is 2.07. The van der Waals surface area contributed by atoms with Gasteiger partial charge in [0.25, 0.3) is 0 Å². The molecule has 0 unspecified atom stereocenters. The number of carbonyl (C=O) groups is 2. The monoisotopic (exact) mass is 469 g/mol. The SMILES string of the molecule is CCCC1=C(C(=O)OCC)S[C@]2(SC(C(=O)OCC)=NN2c2cccc(Cl)c2)N1C. The summed E-state index contributed by atoms with van der Waals surface area (Å²) in [6.45, 7) is 6.12. The molecular weight excluding hydrogens is 446 g/mol. The minimum Gasteiger partial charge on any atom is -0.462 e. The Morgan fingerprint density at radius 3 is 2.47 bits per heavy atom. The fourth-order valence-corrected chi connectivity index (χ4v) is 6.26. The Morgan fingerprint density at radius 1 is 1.13 bits per heavy atom. The number of allylic oxidation sites excluding steroid dienone is 1. The van der Waals surface area contributed by atoms with Crippen LogP contribution in [0, 0.1) is 0 Å². The highest BCUT2D eigenvalue weighted by molar-refractivity contribution is 8.28. The molecule has 0 aliphatic carbocycles. The molecule has 0 radical (unpaired) electrons. The number of hydrazone groups is 1. The first kappa shape index (κ1) is 22.8. The number of rotatable bonds is 7. The van der Waals surface area contributed by atoms with Crippen molar-refractivity contribution >= 4 is 57.8 Å². The van der Waals surface area contributed by atoms with Gasteiger partial charge in [-0.2, -0.15) is 5.10 Å². The average molecular weight is 470 g/mol. The second-order valence-electron chi connectivity index (χ2n) is 6.48. The van der Waals surface area contributed by atoms with Crippen molar-refractivity contribution in [3.63, 3.8) is 0 Å². The van der Waals surface area contributed by atoms with Crippen molar-refractivity contribution < 1.29 is 19.1 Å². The van der Waals surface area contributed by atoms with Crippen LogP contribution in [0.2, 0.25) is 5.02 Å². The molecule has 3 rings (SSSR count). The Bertz CT molecular complexity index is 908. The first-order chi connectivity index (χ1) is 14.4. The minimum absolute atomic E-state index is 0.220. The van der Waals surface area contributed by atoms with E-state index in [2.05, 4.69) is 12.0 Å². The van der Waals surface area contributed by atoms with Crippen molar-refractivity contribution in [2.24, 2.45) is 5.10 Å². The molecule has 10 heteroatoms. The molecule has 7 nitrogen and oxygen atoms in total. The molecule has 162 valence electrons. The molecule has 1 atom stereocenters. The van der Waals surface area contributed by atoms with Crippen molar-refractivity contribution in [3.8, 4) is 0 Å². The molecule has 0 bridgehead atoms. The van der Waals surface area contributed by atoms with Crippen molar-refractivity contribution in [1.82, 2.24) is 4.90 Å². The van der Waals surface area contributed by atoms with Gasteiger partial charge < -0.3 is 14.4 Å². The van der Waals surface area contributed by atoms with Crippen LogP contribution >= 0.6 is 35.1 Å². The number of hydrogen-bond donors (Lipinski definition) is 0. The summed E-state index contributed by atoms with van der Waals surface area (Å²) in [4.78, 5) is 27.8. The lowest BCUT2D eigenvalue weighted by Gasteiger charge is -2.39. The maximum Gasteiger partial charge on any atom is 0.365 e. The second kappa shape index (κ2) is 9.53. The third-order valence-electron chi connectivity index (χ3n) is 4.46. The number of esters is 2. The van der Waals surface area contributed by atoms with Gasteiger partial charge in [-0.05, 0) is 50.2 Å². The number of carbonyl (C=O) groups excluding carboxylic acids is 2. The van der Waals surface area contributed by atoms with Crippen LogP contribution < -0.4 is 5.01 Å². The molecule has 1 spiro atoms. The Kier molecular flexibility index (Phi) is 7.26. The van der Waals surface area contributed by atoms with E-state index in [1.807, 2.05) is 24.1 Å². The summed E-state index contributed by atoms with van der Waals surface area (Å²) in [5.74, 6) is -0.868. The molecule has 1 aromatic carbocycles. The first-order valence-electron chi connectivity index (χ1n) is 9.71. The maximum absolute atomic E-state index is 12.7. The highest BCUT2D eigenvalue weighted by Crippen LogP contribution is 2.59. The second-order valence-corrected chi connectivity index (χ2v) is 9.51. The molecular formula is C20H24ClN3O4S2. The third kappa shape index (κ3) is 4.15. The molecule has 0 aromatic heterocycles. The number of ether oxygens (including phenoxy) is 2. The van der Waals surface area contributed by atoms with Crippen LogP contribution in [0.25, 0.3) is 0 Å². The molecule has 2 aliphatic rings. The van der Waals surface area contributed by atoms with E-state index in [-0.39, 0.29) is 24.2 Å². The van der Waals surface area contributed by atoms with Crippen LogP contribution in [-0.4, -0.2) is 46.5 Å². The summed E-state index contributed by atoms with van der Waals surface area (Å²) in [7, 11) is 1.90. The highest BCUT2D eigenvalue weighted by atomic mass is 35.5. The Morgan fingerprint density at radius 2 is 1.83 bits per heavy atom. The molecule has 0 amide bonds. The zero-order chi connectivity index (χ0) is 21.9. The van der Waals surface area contributed by atoms with Crippen LogP contribution in [0.4, 0.5) is 5.69 Å². The molecule has 0 saturated heterocycles. The molecule has 30 heavy (non-hydrogen) atoms. The van der Waals surface area contributed by atoms with E-state index in [1.54, 1.807) is 31.0 Å². The summed E-state index contributed by atoms with van der Waals surface area (Å²) in [6, 6.07) is 7.23. The van der Waals surface area contributed by atoms with E-state index in [0.717, 1.165) is 12.1 Å². The lowest BCUT2D eigenvalue weighted by molar-refractivity contribution is -0.137. The average Bonchev–Trinajstić information content (AvgIpc) is 3.23. The zero-order valence-electron chi connectivity index (χ0n) is 17.3. The van der Waals surface area contributed by atoms with Crippen LogP contribution in [0.3, 0.4) is 0 Å². The Hall–Kier alpha value is -1.84.